The Kier molecular flexibility index (Phi) is 7.51. The highest BCUT2D eigenvalue weighted by atomic mass is 35.5. The number of alkyl halides is 1. The molecule has 0 fully saturated rings. The quantitative estimate of drug-likeness (QED) is 0.496. The van der Waals surface area contributed by atoms with E-state index in [1.54, 1.807) is 6.92 Å². The van der Waals surface area contributed by atoms with E-state index >= 15 is 0 Å². The molecule has 12 heavy (non-hydrogen) atoms. The zero-order valence-corrected chi connectivity index (χ0v) is 8.31. The van der Waals surface area contributed by atoms with Crippen molar-refractivity contribution in [2.24, 2.45) is 0 Å². The molecule has 0 amide bonds. The third kappa shape index (κ3) is 8.02. The second-order valence-corrected chi connectivity index (χ2v) is 3.46. The van der Waals surface area contributed by atoms with Crippen molar-refractivity contribution in [2.45, 2.75) is 45.1 Å². The first kappa shape index (κ1) is 11.9. The van der Waals surface area contributed by atoms with Crippen molar-refractivity contribution in [1.82, 2.24) is 0 Å². The number of ketones is 1. The second kappa shape index (κ2) is 7.56. The monoisotopic (exact) mass is 192 g/mol. The molecule has 0 bridgehead atoms. The Morgan fingerprint density at radius 2 is 2.08 bits per heavy atom. The minimum absolute atomic E-state index is 0.224. The van der Waals surface area contributed by atoms with Crippen molar-refractivity contribution in [2.75, 3.05) is 5.88 Å². The number of hydrogen-bond acceptors (Lipinski definition) is 2. The first-order valence-corrected chi connectivity index (χ1v) is 4.93. The summed E-state index contributed by atoms with van der Waals surface area (Å²) in [4.78, 5) is 10.5. The van der Waals surface area contributed by atoms with Crippen LogP contribution in [0, 0.1) is 0 Å². The topological polar surface area (TPSA) is 37.3 Å². The molecule has 0 aromatic heterocycles. The number of halogens is 1. The number of aliphatic hydroxyl groups is 1. The van der Waals surface area contributed by atoms with Gasteiger partial charge in [0.2, 0.25) is 0 Å². The highest BCUT2D eigenvalue weighted by Gasteiger charge is 2.02. The minimum Gasteiger partial charge on any atom is -0.393 e. The van der Waals surface area contributed by atoms with Gasteiger partial charge >= 0.3 is 0 Å². The van der Waals surface area contributed by atoms with Gasteiger partial charge in [-0.3, -0.25) is 0 Å². The van der Waals surface area contributed by atoms with Gasteiger partial charge in [0, 0.05) is 12.3 Å². The molecule has 0 aromatic rings. The molecule has 0 spiro atoms. The summed E-state index contributed by atoms with van der Waals surface area (Å²) in [5.41, 5.74) is 0. The fraction of sp³-hybridized carbons (Fsp3) is 0.889. The predicted molar refractivity (Wildman–Crippen MR) is 50.5 cm³/mol. The number of carbonyl (C=O) groups excluding carboxylic acids is 1. The Labute approximate surface area is 78.9 Å². The van der Waals surface area contributed by atoms with Gasteiger partial charge in [0.25, 0.3) is 0 Å². The van der Waals surface area contributed by atoms with Crippen molar-refractivity contribution in [3.63, 3.8) is 0 Å². The first-order valence-electron chi connectivity index (χ1n) is 4.40. The number of hydrogen-bond donors (Lipinski definition) is 1. The molecule has 0 rings (SSSR count). The molecule has 0 heterocycles. The molecular formula is C9H17ClO2. The maximum atomic E-state index is 10.5. The minimum atomic E-state index is -0.283. The van der Waals surface area contributed by atoms with E-state index < -0.39 is 0 Å². The van der Waals surface area contributed by atoms with Crippen molar-refractivity contribution in [3.8, 4) is 0 Å². The Morgan fingerprint density at radius 3 is 2.58 bits per heavy atom. The summed E-state index contributed by atoms with van der Waals surface area (Å²) in [5, 5.41) is 9.25. The summed E-state index contributed by atoms with van der Waals surface area (Å²) >= 11 is 5.45. The van der Waals surface area contributed by atoms with Gasteiger partial charge in [0.15, 0.2) is 0 Å². The number of rotatable bonds is 7. The largest absolute Gasteiger partial charge is 0.393 e. The van der Waals surface area contributed by atoms with Crippen LogP contribution in [-0.4, -0.2) is 22.9 Å². The average Bonchev–Trinajstić information content (AvgIpc) is 1.98. The molecule has 0 saturated heterocycles. The molecular weight excluding hydrogens is 176 g/mol. The standard InChI is InChI=1S/C9H17ClO2/c1-8(11)4-2-3-5-9(12)6-7-10/h9,12H,2-7H2,1H3/t9-/m1/s1. The van der Waals surface area contributed by atoms with Gasteiger partial charge in [-0.1, -0.05) is 6.42 Å². The normalized spacial score (nSPS) is 12.9. The number of aliphatic hydroxyl groups excluding tert-OH is 1. The summed E-state index contributed by atoms with van der Waals surface area (Å²) in [7, 11) is 0. The zero-order chi connectivity index (χ0) is 9.40. The number of carbonyl (C=O) groups is 1. The van der Waals surface area contributed by atoms with Crippen molar-refractivity contribution < 1.29 is 9.90 Å². The Morgan fingerprint density at radius 1 is 1.42 bits per heavy atom. The second-order valence-electron chi connectivity index (χ2n) is 3.08. The van der Waals surface area contributed by atoms with Crippen LogP contribution in [0.3, 0.4) is 0 Å². The van der Waals surface area contributed by atoms with E-state index in [1.807, 2.05) is 0 Å². The van der Waals surface area contributed by atoms with Crippen LogP contribution in [0.1, 0.15) is 39.0 Å². The number of unbranched alkanes of at least 4 members (excludes halogenated alkanes) is 1. The van der Waals surface area contributed by atoms with Crippen LogP contribution in [0.25, 0.3) is 0 Å². The molecule has 0 aliphatic rings. The first-order chi connectivity index (χ1) is 5.66. The molecule has 0 aliphatic heterocycles. The maximum Gasteiger partial charge on any atom is 0.129 e. The molecule has 3 heteroatoms. The van der Waals surface area contributed by atoms with Gasteiger partial charge < -0.3 is 9.90 Å². The highest BCUT2D eigenvalue weighted by molar-refractivity contribution is 6.17. The van der Waals surface area contributed by atoms with Gasteiger partial charge in [-0.05, 0) is 26.2 Å². The lowest BCUT2D eigenvalue weighted by Gasteiger charge is -2.06. The summed E-state index contributed by atoms with van der Waals surface area (Å²) in [6, 6.07) is 0. The van der Waals surface area contributed by atoms with E-state index in [4.69, 9.17) is 11.6 Å². The van der Waals surface area contributed by atoms with Gasteiger partial charge in [-0.15, -0.1) is 11.6 Å². The van der Waals surface area contributed by atoms with E-state index in [9.17, 15) is 9.90 Å². The van der Waals surface area contributed by atoms with Gasteiger partial charge in [-0.25, -0.2) is 0 Å². The summed E-state index contributed by atoms with van der Waals surface area (Å²) in [6.45, 7) is 1.59. The summed E-state index contributed by atoms with van der Waals surface area (Å²) in [6.07, 6.45) is 3.57. The molecule has 0 aromatic carbocycles. The molecule has 0 unspecified atom stereocenters. The molecule has 0 saturated carbocycles. The van der Waals surface area contributed by atoms with Crippen LogP contribution in [0.2, 0.25) is 0 Å². The van der Waals surface area contributed by atoms with Crippen LogP contribution in [0.15, 0.2) is 0 Å². The van der Waals surface area contributed by atoms with Gasteiger partial charge in [-0.2, -0.15) is 0 Å². The van der Waals surface area contributed by atoms with Crippen molar-refractivity contribution in [3.05, 3.63) is 0 Å². The van der Waals surface area contributed by atoms with E-state index in [0.717, 1.165) is 19.3 Å². The predicted octanol–water partition coefficient (Wildman–Crippen LogP) is 2.13. The van der Waals surface area contributed by atoms with Crippen LogP contribution < -0.4 is 0 Å². The third-order valence-corrected chi connectivity index (χ3v) is 1.98. The SMILES string of the molecule is CC(=O)CCCC[C@@H](O)CCCl. The molecule has 1 atom stereocenters. The molecule has 2 nitrogen and oxygen atoms in total. The van der Waals surface area contributed by atoms with Gasteiger partial charge in [0.05, 0.1) is 6.10 Å². The summed E-state index contributed by atoms with van der Waals surface area (Å²) < 4.78 is 0. The summed E-state index contributed by atoms with van der Waals surface area (Å²) in [5.74, 6) is 0.732. The molecule has 72 valence electrons. The maximum absolute atomic E-state index is 10.5. The van der Waals surface area contributed by atoms with Crippen LogP contribution in [0.4, 0.5) is 0 Å². The molecule has 0 radical (unpaired) electrons. The smallest absolute Gasteiger partial charge is 0.129 e. The Balaban J connectivity index is 3.13. The fourth-order valence-corrected chi connectivity index (χ4v) is 1.28. The Hall–Kier alpha value is -0.0800. The molecule has 0 aliphatic carbocycles. The fourth-order valence-electron chi connectivity index (χ4n) is 1.02. The van der Waals surface area contributed by atoms with E-state index in [0.29, 0.717) is 18.7 Å². The van der Waals surface area contributed by atoms with Gasteiger partial charge in [0.1, 0.15) is 5.78 Å². The van der Waals surface area contributed by atoms with E-state index in [1.165, 1.54) is 0 Å². The highest BCUT2D eigenvalue weighted by Crippen LogP contribution is 2.07. The number of Topliss-reactive ketones (excluding diaryl/α,β-unsaturated/α-hetero) is 1. The lowest BCUT2D eigenvalue weighted by atomic mass is 10.1. The van der Waals surface area contributed by atoms with Crippen molar-refractivity contribution >= 4 is 17.4 Å². The van der Waals surface area contributed by atoms with Crippen LogP contribution in [0.5, 0.6) is 0 Å². The van der Waals surface area contributed by atoms with E-state index in [-0.39, 0.29) is 11.9 Å². The van der Waals surface area contributed by atoms with Crippen LogP contribution in [-0.2, 0) is 4.79 Å². The van der Waals surface area contributed by atoms with Crippen molar-refractivity contribution in [1.29, 1.82) is 0 Å². The third-order valence-electron chi connectivity index (χ3n) is 1.76. The van der Waals surface area contributed by atoms with E-state index in [2.05, 4.69) is 0 Å². The van der Waals surface area contributed by atoms with Crippen LogP contribution >= 0.6 is 11.6 Å². The lowest BCUT2D eigenvalue weighted by molar-refractivity contribution is -0.117. The average molecular weight is 193 g/mol. The Bertz CT molecular complexity index is 126. The molecule has 1 N–H and O–H groups in total. The lowest BCUT2D eigenvalue weighted by Crippen LogP contribution is -2.06. The zero-order valence-electron chi connectivity index (χ0n) is 7.55.